The molecule has 15 nitrogen and oxygen atoms in total. The summed E-state index contributed by atoms with van der Waals surface area (Å²) in [6.07, 6.45) is 0. The van der Waals surface area contributed by atoms with Crippen molar-refractivity contribution in [2.45, 2.75) is 16.6 Å². The summed E-state index contributed by atoms with van der Waals surface area (Å²) in [6, 6.07) is -1.21. The first-order chi connectivity index (χ1) is 16.2. The fraction of sp³-hybridized carbons (Fsp3) is 0.375. The molecule has 0 aliphatic carbocycles. The maximum atomic E-state index is 13.0. The number of β-lactam (4-membered cyclic amide) rings is 1. The standard InChI is InChI=1S/C16H17N9O6S3/c1-24-16(20-22-23-24)33-3-6-5-34(30)13-9(12(27)25(13)10(6)14(28)29)19-11(26)8(21-31-2)7-4-32-15(17)18-7/h4,9,13H,3,5H2,1-2H3,(H2,17,18)(H,19,26)(H,28,29)/b21-8-/t9-,13-,34?/m1/s1. The van der Waals surface area contributed by atoms with Crippen LogP contribution in [0, 0.1) is 0 Å². The van der Waals surface area contributed by atoms with Crippen molar-refractivity contribution in [3.8, 4) is 0 Å². The van der Waals surface area contributed by atoms with E-state index in [9.17, 15) is 23.7 Å². The molecule has 34 heavy (non-hydrogen) atoms. The van der Waals surface area contributed by atoms with Crippen LogP contribution in [-0.4, -0.2) is 92.9 Å². The number of amides is 2. The lowest BCUT2D eigenvalue weighted by Crippen LogP contribution is -2.74. The van der Waals surface area contributed by atoms with Crippen LogP contribution in [0.2, 0.25) is 0 Å². The third-order valence-electron chi connectivity index (χ3n) is 4.81. The number of thiazole rings is 1. The van der Waals surface area contributed by atoms with Crippen molar-refractivity contribution in [3.63, 3.8) is 0 Å². The monoisotopic (exact) mass is 527 g/mol. The Morgan fingerprint density at radius 2 is 2.26 bits per heavy atom. The molecule has 0 radical (unpaired) electrons. The molecule has 2 amide bonds. The van der Waals surface area contributed by atoms with Gasteiger partial charge in [-0.25, -0.2) is 14.5 Å². The van der Waals surface area contributed by atoms with Gasteiger partial charge >= 0.3 is 5.97 Å². The molecule has 1 saturated heterocycles. The highest BCUT2D eigenvalue weighted by Gasteiger charge is 2.57. The number of carbonyl (C=O) groups is 3. The molecule has 4 N–H and O–H groups in total. The number of rotatable bonds is 8. The quantitative estimate of drug-likeness (QED) is 0.149. The van der Waals surface area contributed by atoms with Gasteiger partial charge in [-0.05, 0) is 16.0 Å². The lowest BCUT2D eigenvalue weighted by molar-refractivity contribution is -0.150. The van der Waals surface area contributed by atoms with Gasteiger partial charge in [-0.2, -0.15) is 0 Å². The first-order valence-electron chi connectivity index (χ1n) is 9.37. The molecular weight excluding hydrogens is 510 g/mol. The third kappa shape index (κ3) is 4.26. The minimum atomic E-state index is -1.68. The predicted octanol–water partition coefficient (Wildman–Crippen LogP) is -1.85. The van der Waals surface area contributed by atoms with E-state index in [1.165, 1.54) is 17.2 Å². The number of carboxylic acid groups (broad SMARTS) is 1. The number of oxime groups is 1. The van der Waals surface area contributed by atoms with Crippen molar-refractivity contribution in [3.05, 3.63) is 22.3 Å². The van der Waals surface area contributed by atoms with Crippen molar-refractivity contribution < 1.29 is 28.5 Å². The number of aryl methyl sites for hydroxylation is 1. The van der Waals surface area contributed by atoms with Crippen molar-refractivity contribution in [1.82, 2.24) is 35.4 Å². The van der Waals surface area contributed by atoms with Crippen LogP contribution in [0.3, 0.4) is 0 Å². The molecule has 2 aliphatic rings. The predicted molar refractivity (Wildman–Crippen MR) is 120 cm³/mol. The van der Waals surface area contributed by atoms with Crippen LogP contribution in [0.1, 0.15) is 5.69 Å². The summed E-state index contributed by atoms with van der Waals surface area (Å²) in [5.74, 6) is -2.83. The molecule has 4 rings (SSSR count). The van der Waals surface area contributed by atoms with Crippen molar-refractivity contribution in [2.24, 2.45) is 12.2 Å². The molecule has 4 heterocycles. The van der Waals surface area contributed by atoms with Gasteiger partial charge in [-0.3, -0.25) is 18.7 Å². The van der Waals surface area contributed by atoms with Crippen molar-refractivity contribution in [1.29, 1.82) is 0 Å². The number of nitrogen functional groups attached to an aromatic ring is 1. The normalized spacial score (nSPS) is 22.3. The Morgan fingerprint density at radius 1 is 1.50 bits per heavy atom. The van der Waals surface area contributed by atoms with Gasteiger partial charge in [-0.1, -0.05) is 16.9 Å². The minimum Gasteiger partial charge on any atom is -0.477 e. The average molecular weight is 528 g/mol. The number of carboxylic acids is 1. The summed E-state index contributed by atoms with van der Waals surface area (Å²) in [6.45, 7) is 0. The summed E-state index contributed by atoms with van der Waals surface area (Å²) in [5, 5.41) is 28.0. The molecule has 3 atom stereocenters. The maximum absolute atomic E-state index is 13.0. The highest BCUT2D eigenvalue weighted by molar-refractivity contribution is 7.99. The second-order valence-electron chi connectivity index (χ2n) is 6.90. The first kappa shape index (κ1) is 23.8. The van der Waals surface area contributed by atoms with Crippen molar-refractivity contribution >= 4 is 62.5 Å². The number of fused-ring (bicyclic) bond motifs is 1. The molecule has 0 aromatic carbocycles. The second kappa shape index (κ2) is 9.47. The molecular formula is C16H17N9O6S3. The zero-order chi connectivity index (χ0) is 24.6. The number of nitrogens with zero attached hydrogens (tertiary/aromatic N) is 7. The summed E-state index contributed by atoms with van der Waals surface area (Å²) in [5.41, 5.74) is 5.55. The van der Waals surface area contributed by atoms with Gasteiger partial charge in [0.2, 0.25) is 5.16 Å². The fourth-order valence-electron chi connectivity index (χ4n) is 3.36. The Hall–Kier alpha value is -3.38. The smallest absolute Gasteiger partial charge is 0.352 e. The SMILES string of the molecule is CO/N=C(\C(=O)N[C@@H]1C(=O)N2C(C(=O)O)=C(CSc3nnnn3C)CS(=O)[C@H]12)c1csc(N)n1. The van der Waals surface area contributed by atoms with E-state index in [4.69, 9.17) is 10.6 Å². The number of tetrazole rings is 1. The Balaban J connectivity index is 1.54. The van der Waals surface area contributed by atoms with Crippen LogP contribution < -0.4 is 11.1 Å². The van der Waals surface area contributed by atoms with Crippen LogP contribution in [0.25, 0.3) is 0 Å². The Kier molecular flexibility index (Phi) is 6.62. The zero-order valence-electron chi connectivity index (χ0n) is 17.6. The summed E-state index contributed by atoms with van der Waals surface area (Å²) >= 11 is 2.23. The topological polar surface area (TPSA) is 208 Å². The third-order valence-corrected chi connectivity index (χ3v) is 8.24. The van der Waals surface area contributed by atoms with E-state index in [-0.39, 0.29) is 33.7 Å². The van der Waals surface area contributed by atoms with Gasteiger partial charge in [0.05, 0.1) is 16.6 Å². The highest BCUT2D eigenvalue weighted by atomic mass is 32.2. The van der Waals surface area contributed by atoms with E-state index < -0.39 is 40.0 Å². The second-order valence-corrected chi connectivity index (χ2v) is 10.3. The van der Waals surface area contributed by atoms with Crippen molar-refractivity contribution in [2.75, 3.05) is 24.3 Å². The molecule has 1 unspecified atom stereocenters. The number of carbonyl (C=O) groups excluding carboxylic acids is 2. The molecule has 0 saturated carbocycles. The minimum absolute atomic E-state index is 0.0949. The highest BCUT2D eigenvalue weighted by Crippen LogP contribution is 2.36. The first-order valence-corrected chi connectivity index (χ1v) is 12.6. The van der Waals surface area contributed by atoms with E-state index in [0.29, 0.717) is 10.7 Å². The van der Waals surface area contributed by atoms with Crippen LogP contribution in [0.15, 0.2) is 27.0 Å². The summed E-state index contributed by atoms with van der Waals surface area (Å²) in [7, 11) is 1.17. The molecule has 18 heteroatoms. The number of thioether (sulfide) groups is 1. The number of nitrogens with two attached hydrogens (primary N) is 1. The number of aromatic nitrogens is 5. The van der Waals surface area contributed by atoms with E-state index >= 15 is 0 Å². The number of anilines is 1. The number of nitrogens with one attached hydrogen (secondary N) is 1. The maximum Gasteiger partial charge on any atom is 0.352 e. The van der Waals surface area contributed by atoms with Gasteiger partial charge < -0.3 is 21.0 Å². The molecule has 2 aromatic heterocycles. The van der Waals surface area contributed by atoms with Gasteiger partial charge in [0.15, 0.2) is 10.8 Å². The van der Waals surface area contributed by atoms with Crippen LogP contribution in [-0.2, 0) is 37.1 Å². The number of aliphatic carboxylic acids is 1. The van der Waals surface area contributed by atoms with Crippen LogP contribution in [0.5, 0.6) is 0 Å². The number of hydrogen-bond acceptors (Lipinski definition) is 13. The van der Waals surface area contributed by atoms with Gasteiger partial charge in [0, 0.05) is 18.2 Å². The van der Waals surface area contributed by atoms with Crippen LogP contribution in [0.4, 0.5) is 5.13 Å². The fourth-order valence-corrected chi connectivity index (χ4v) is 6.58. The Morgan fingerprint density at radius 3 is 2.85 bits per heavy atom. The largest absolute Gasteiger partial charge is 0.477 e. The van der Waals surface area contributed by atoms with E-state index in [1.807, 2.05) is 0 Å². The summed E-state index contributed by atoms with van der Waals surface area (Å²) < 4.78 is 14.4. The number of hydrogen-bond donors (Lipinski definition) is 3. The molecule has 0 bridgehead atoms. The molecule has 180 valence electrons. The molecule has 2 aromatic rings. The molecule has 2 aliphatic heterocycles. The average Bonchev–Trinajstić information content (AvgIpc) is 3.41. The van der Waals surface area contributed by atoms with Gasteiger partial charge in [0.1, 0.15) is 29.9 Å². The lowest BCUT2D eigenvalue weighted by atomic mass is 10.0. The summed E-state index contributed by atoms with van der Waals surface area (Å²) in [4.78, 5) is 47.3. The van der Waals surface area contributed by atoms with Crippen LogP contribution >= 0.6 is 23.1 Å². The lowest BCUT2D eigenvalue weighted by Gasteiger charge is -2.49. The van der Waals surface area contributed by atoms with E-state index in [2.05, 4.69) is 31.0 Å². The Bertz CT molecular complexity index is 1250. The molecule has 0 spiro atoms. The Labute approximate surface area is 201 Å². The van der Waals surface area contributed by atoms with E-state index in [0.717, 1.165) is 28.0 Å². The van der Waals surface area contributed by atoms with Gasteiger partial charge in [0.25, 0.3) is 11.8 Å². The van der Waals surface area contributed by atoms with Gasteiger partial charge in [-0.15, -0.1) is 16.4 Å². The van der Waals surface area contributed by atoms with E-state index in [1.54, 1.807) is 7.05 Å². The zero-order valence-corrected chi connectivity index (χ0v) is 20.0. The molecule has 1 fully saturated rings.